The fourth-order valence-electron chi connectivity index (χ4n) is 3.09. The van der Waals surface area contributed by atoms with Crippen molar-refractivity contribution in [2.45, 2.75) is 33.2 Å². The fraction of sp³-hybridized carbons (Fsp3) is 0.318. The topological polar surface area (TPSA) is 45.3 Å². The number of aromatic amines is 1. The molecule has 0 atom stereocenters. The SMILES string of the molecule is CCCCN(C)Cc1c(C)[nH]c2ccc(Oc3ccccc3)cc2c1=O. The first-order valence-electron chi connectivity index (χ1n) is 9.15. The van der Waals surface area contributed by atoms with Gasteiger partial charge in [-0.2, -0.15) is 0 Å². The van der Waals surface area contributed by atoms with Gasteiger partial charge in [-0.15, -0.1) is 0 Å². The molecular formula is C22H26N2O2. The van der Waals surface area contributed by atoms with Crippen LogP contribution in [-0.4, -0.2) is 23.5 Å². The minimum absolute atomic E-state index is 0.0816. The highest BCUT2D eigenvalue weighted by Gasteiger charge is 2.12. The number of benzene rings is 2. The van der Waals surface area contributed by atoms with Gasteiger partial charge in [-0.05, 0) is 57.3 Å². The number of nitrogens with one attached hydrogen (secondary N) is 1. The lowest BCUT2D eigenvalue weighted by Crippen LogP contribution is -2.25. The average molecular weight is 350 g/mol. The van der Waals surface area contributed by atoms with Gasteiger partial charge in [0.2, 0.25) is 0 Å². The Morgan fingerprint density at radius 2 is 1.85 bits per heavy atom. The Labute approximate surface area is 154 Å². The highest BCUT2D eigenvalue weighted by Crippen LogP contribution is 2.24. The van der Waals surface area contributed by atoms with Crippen molar-refractivity contribution < 1.29 is 4.74 Å². The summed E-state index contributed by atoms with van der Waals surface area (Å²) in [6, 6.07) is 15.2. The summed E-state index contributed by atoms with van der Waals surface area (Å²) < 4.78 is 5.88. The molecule has 0 bridgehead atoms. The molecule has 0 aliphatic heterocycles. The molecule has 0 spiro atoms. The predicted molar refractivity (Wildman–Crippen MR) is 107 cm³/mol. The Hall–Kier alpha value is -2.59. The van der Waals surface area contributed by atoms with E-state index in [1.54, 1.807) is 0 Å². The largest absolute Gasteiger partial charge is 0.457 e. The monoisotopic (exact) mass is 350 g/mol. The van der Waals surface area contributed by atoms with Gasteiger partial charge >= 0.3 is 0 Å². The third kappa shape index (κ3) is 4.14. The molecule has 0 saturated heterocycles. The maximum Gasteiger partial charge on any atom is 0.194 e. The molecule has 0 unspecified atom stereocenters. The van der Waals surface area contributed by atoms with Crippen LogP contribution in [0.25, 0.3) is 10.9 Å². The predicted octanol–water partition coefficient (Wildman–Crippen LogP) is 4.86. The molecule has 1 heterocycles. The van der Waals surface area contributed by atoms with Crippen molar-refractivity contribution in [1.29, 1.82) is 0 Å². The van der Waals surface area contributed by atoms with Crippen LogP contribution in [0.15, 0.2) is 53.3 Å². The number of pyridine rings is 1. The maximum atomic E-state index is 13.1. The van der Waals surface area contributed by atoms with Crippen molar-refractivity contribution in [3.63, 3.8) is 0 Å². The molecule has 4 heteroatoms. The van der Waals surface area contributed by atoms with E-state index in [0.717, 1.165) is 41.9 Å². The molecule has 0 radical (unpaired) electrons. The molecule has 0 aliphatic rings. The molecule has 26 heavy (non-hydrogen) atoms. The van der Waals surface area contributed by atoms with Gasteiger partial charge in [-0.25, -0.2) is 0 Å². The highest BCUT2D eigenvalue weighted by atomic mass is 16.5. The fourth-order valence-corrected chi connectivity index (χ4v) is 3.09. The molecule has 0 aliphatic carbocycles. The first-order valence-corrected chi connectivity index (χ1v) is 9.15. The minimum Gasteiger partial charge on any atom is -0.457 e. The summed E-state index contributed by atoms with van der Waals surface area (Å²) >= 11 is 0. The lowest BCUT2D eigenvalue weighted by atomic mass is 10.1. The van der Waals surface area contributed by atoms with Crippen LogP contribution in [0.1, 0.15) is 31.0 Å². The second kappa shape index (κ2) is 8.19. The van der Waals surface area contributed by atoms with E-state index in [9.17, 15) is 4.79 Å². The number of H-pyrrole nitrogens is 1. The standard InChI is InChI=1S/C22H26N2O2/c1-4-5-13-24(3)15-20-16(2)23-21-12-11-18(14-19(21)22(20)25)26-17-9-7-6-8-10-17/h6-12,14H,4-5,13,15H2,1-3H3,(H,23,25). The number of hydrogen-bond donors (Lipinski definition) is 1. The quantitative estimate of drug-likeness (QED) is 0.662. The lowest BCUT2D eigenvalue weighted by molar-refractivity contribution is 0.319. The van der Waals surface area contributed by atoms with Crippen molar-refractivity contribution in [3.05, 3.63) is 70.0 Å². The highest BCUT2D eigenvalue weighted by molar-refractivity contribution is 5.81. The van der Waals surface area contributed by atoms with Gasteiger partial charge in [0.05, 0.1) is 0 Å². The van der Waals surface area contributed by atoms with Gasteiger partial charge in [-0.1, -0.05) is 31.5 Å². The first kappa shape index (κ1) is 18.2. The molecule has 3 aromatic rings. The molecular weight excluding hydrogens is 324 g/mol. The van der Waals surface area contributed by atoms with E-state index in [0.29, 0.717) is 17.7 Å². The number of nitrogens with zero attached hydrogens (tertiary/aromatic N) is 1. The number of fused-ring (bicyclic) bond motifs is 1. The zero-order valence-corrected chi connectivity index (χ0v) is 15.7. The van der Waals surface area contributed by atoms with Crippen LogP contribution in [0.2, 0.25) is 0 Å². The van der Waals surface area contributed by atoms with E-state index in [1.807, 2.05) is 55.5 Å². The maximum absolute atomic E-state index is 13.1. The Kier molecular flexibility index (Phi) is 5.74. The van der Waals surface area contributed by atoms with Gasteiger partial charge in [0, 0.05) is 28.7 Å². The zero-order valence-electron chi connectivity index (χ0n) is 15.7. The molecule has 1 aromatic heterocycles. The van der Waals surface area contributed by atoms with Crippen LogP contribution in [0.4, 0.5) is 0 Å². The average Bonchev–Trinajstić information content (AvgIpc) is 2.65. The van der Waals surface area contributed by atoms with Crippen LogP contribution in [-0.2, 0) is 6.54 Å². The summed E-state index contributed by atoms with van der Waals surface area (Å²) in [5, 5.41) is 0.669. The van der Waals surface area contributed by atoms with Crippen LogP contribution < -0.4 is 10.2 Å². The second-order valence-corrected chi connectivity index (χ2v) is 6.77. The Balaban J connectivity index is 1.93. The lowest BCUT2D eigenvalue weighted by Gasteiger charge is -2.17. The Morgan fingerprint density at radius 3 is 2.58 bits per heavy atom. The molecule has 3 rings (SSSR count). The number of aryl methyl sites for hydroxylation is 1. The molecule has 4 nitrogen and oxygen atoms in total. The van der Waals surface area contributed by atoms with Crippen LogP contribution in [0.5, 0.6) is 11.5 Å². The Morgan fingerprint density at radius 1 is 1.08 bits per heavy atom. The van der Waals surface area contributed by atoms with Crippen molar-refractivity contribution in [3.8, 4) is 11.5 Å². The van der Waals surface area contributed by atoms with Crippen molar-refractivity contribution in [1.82, 2.24) is 9.88 Å². The molecule has 0 amide bonds. The first-order chi connectivity index (χ1) is 12.6. The van der Waals surface area contributed by atoms with Crippen LogP contribution in [0, 0.1) is 6.92 Å². The van der Waals surface area contributed by atoms with E-state index in [1.165, 1.54) is 0 Å². The van der Waals surface area contributed by atoms with Crippen LogP contribution >= 0.6 is 0 Å². The van der Waals surface area contributed by atoms with Gasteiger partial charge in [0.1, 0.15) is 11.5 Å². The van der Waals surface area contributed by atoms with Crippen LogP contribution in [0.3, 0.4) is 0 Å². The van der Waals surface area contributed by atoms with Crippen molar-refractivity contribution in [2.75, 3.05) is 13.6 Å². The minimum atomic E-state index is 0.0816. The summed E-state index contributed by atoms with van der Waals surface area (Å²) in [4.78, 5) is 18.6. The van der Waals surface area contributed by atoms with Gasteiger partial charge in [-0.3, -0.25) is 4.79 Å². The number of ether oxygens (including phenoxy) is 1. The molecule has 0 fully saturated rings. The summed E-state index contributed by atoms with van der Waals surface area (Å²) in [5.41, 5.74) is 2.68. The van der Waals surface area contributed by atoms with Crippen molar-refractivity contribution in [2.24, 2.45) is 0 Å². The van der Waals surface area contributed by atoms with Gasteiger partial charge < -0.3 is 14.6 Å². The van der Waals surface area contributed by atoms with E-state index in [4.69, 9.17) is 4.74 Å². The molecule has 136 valence electrons. The zero-order chi connectivity index (χ0) is 18.5. The molecule has 2 aromatic carbocycles. The molecule has 1 N–H and O–H groups in total. The number of rotatable bonds is 7. The van der Waals surface area contributed by atoms with Gasteiger partial charge in [0.25, 0.3) is 0 Å². The smallest absolute Gasteiger partial charge is 0.194 e. The molecule has 0 saturated carbocycles. The van der Waals surface area contributed by atoms with E-state index < -0.39 is 0 Å². The Bertz CT molecular complexity index is 932. The van der Waals surface area contributed by atoms with E-state index in [2.05, 4.69) is 23.9 Å². The number of aromatic nitrogens is 1. The number of para-hydroxylation sites is 1. The normalized spacial score (nSPS) is 11.2. The second-order valence-electron chi connectivity index (χ2n) is 6.77. The van der Waals surface area contributed by atoms with Crippen molar-refractivity contribution >= 4 is 10.9 Å². The summed E-state index contributed by atoms with van der Waals surface area (Å²) in [6.07, 6.45) is 2.29. The summed E-state index contributed by atoms with van der Waals surface area (Å²) in [5.74, 6) is 1.43. The summed E-state index contributed by atoms with van der Waals surface area (Å²) in [7, 11) is 2.06. The van der Waals surface area contributed by atoms with E-state index in [-0.39, 0.29) is 5.43 Å². The third-order valence-electron chi connectivity index (χ3n) is 4.58. The number of unbranched alkanes of at least 4 members (excludes halogenated alkanes) is 1. The van der Waals surface area contributed by atoms with Gasteiger partial charge in [0.15, 0.2) is 5.43 Å². The third-order valence-corrected chi connectivity index (χ3v) is 4.58. The van der Waals surface area contributed by atoms with E-state index >= 15 is 0 Å². The summed E-state index contributed by atoms with van der Waals surface area (Å²) in [6.45, 7) is 5.79. The number of hydrogen-bond acceptors (Lipinski definition) is 3.